The zero-order valence-electron chi connectivity index (χ0n) is 24.1. The minimum atomic E-state index is -4.30. The molecule has 0 radical (unpaired) electrons. The van der Waals surface area contributed by atoms with Crippen LogP contribution < -0.4 is 10.6 Å². The van der Waals surface area contributed by atoms with Gasteiger partial charge in [-0.15, -0.1) is 0 Å². The molecule has 46 heavy (non-hydrogen) atoms. The minimum absolute atomic E-state index is 0.0199. The summed E-state index contributed by atoms with van der Waals surface area (Å²) in [6.45, 7) is 0. The van der Waals surface area contributed by atoms with Crippen molar-refractivity contribution >= 4 is 71.6 Å². The van der Waals surface area contributed by atoms with E-state index in [0.717, 1.165) is 43.8 Å². The molecular weight excluding hydrogens is 622 g/mol. The molecular formula is C36H28O8P2. The van der Waals surface area contributed by atoms with E-state index in [0.29, 0.717) is 11.1 Å². The average Bonchev–Trinajstić information content (AvgIpc) is 3.03. The van der Waals surface area contributed by atoms with Crippen LogP contribution in [0.15, 0.2) is 109 Å². The summed E-state index contributed by atoms with van der Waals surface area (Å²) in [7, 11) is -8.61. The van der Waals surface area contributed by atoms with E-state index >= 15 is 0 Å². The number of aromatic hydroxyl groups is 2. The zero-order valence-corrected chi connectivity index (χ0v) is 25.9. The number of phenols is 2. The summed E-state index contributed by atoms with van der Waals surface area (Å²) in [5.41, 5.74) is 4.29. The Morgan fingerprint density at radius 1 is 0.413 bits per heavy atom. The predicted molar refractivity (Wildman–Crippen MR) is 184 cm³/mol. The van der Waals surface area contributed by atoms with Crippen LogP contribution in [0.3, 0.4) is 0 Å². The second-order valence-corrected chi connectivity index (χ2v) is 14.0. The molecule has 0 fully saturated rings. The molecule has 230 valence electrons. The molecule has 0 heterocycles. The van der Waals surface area contributed by atoms with Gasteiger partial charge in [-0.1, -0.05) is 85.0 Å². The molecule has 0 spiro atoms. The van der Waals surface area contributed by atoms with Crippen molar-refractivity contribution in [3.63, 3.8) is 0 Å². The van der Waals surface area contributed by atoms with E-state index in [2.05, 4.69) is 0 Å². The lowest BCUT2D eigenvalue weighted by molar-refractivity contribution is 0.385. The predicted octanol–water partition coefficient (Wildman–Crippen LogP) is 7.02. The van der Waals surface area contributed by atoms with Crippen LogP contribution >= 0.6 is 15.2 Å². The van der Waals surface area contributed by atoms with E-state index in [1.165, 1.54) is 24.3 Å². The molecule has 10 heteroatoms. The smallest absolute Gasteiger partial charge is 0.356 e. The van der Waals surface area contributed by atoms with Gasteiger partial charge in [0.15, 0.2) is 0 Å². The Labute approximate surface area is 264 Å². The lowest BCUT2D eigenvalue weighted by Crippen LogP contribution is -2.02. The highest BCUT2D eigenvalue weighted by atomic mass is 31.2. The Hall–Kier alpha value is -4.78. The Bertz CT molecular complexity index is 2100. The van der Waals surface area contributed by atoms with Crippen molar-refractivity contribution in [3.05, 3.63) is 131 Å². The summed E-state index contributed by atoms with van der Waals surface area (Å²) in [6.07, 6.45) is 7.45. The molecule has 0 saturated carbocycles. The van der Waals surface area contributed by atoms with Gasteiger partial charge in [-0.2, -0.15) is 0 Å². The molecule has 0 unspecified atom stereocenters. The Balaban J connectivity index is 1.33. The number of rotatable bonds is 7. The van der Waals surface area contributed by atoms with Crippen LogP contribution in [-0.4, -0.2) is 29.8 Å². The molecule has 6 aromatic carbocycles. The van der Waals surface area contributed by atoms with Gasteiger partial charge in [0.25, 0.3) is 0 Å². The van der Waals surface area contributed by atoms with Crippen LogP contribution in [0.5, 0.6) is 11.5 Å². The van der Waals surface area contributed by atoms with Crippen molar-refractivity contribution in [2.24, 2.45) is 0 Å². The first-order valence-corrected chi connectivity index (χ1v) is 17.3. The first kappa shape index (κ1) is 31.2. The van der Waals surface area contributed by atoms with Crippen molar-refractivity contribution in [1.82, 2.24) is 0 Å². The van der Waals surface area contributed by atoms with E-state index in [1.54, 1.807) is 48.5 Å². The van der Waals surface area contributed by atoms with Gasteiger partial charge in [0.1, 0.15) is 11.5 Å². The molecule has 0 aliphatic carbocycles. The zero-order chi connectivity index (χ0) is 32.6. The third-order valence-corrected chi connectivity index (χ3v) is 9.63. The van der Waals surface area contributed by atoms with Gasteiger partial charge in [-0.05, 0) is 92.3 Å². The second kappa shape index (κ2) is 12.2. The maximum absolute atomic E-state index is 11.4. The molecule has 0 aliphatic rings. The number of fused-ring (bicyclic) bond motifs is 2. The van der Waals surface area contributed by atoms with Crippen LogP contribution in [0.2, 0.25) is 0 Å². The third kappa shape index (κ3) is 6.59. The molecule has 0 saturated heterocycles. The standard InChI is InChI=1S/C36H28O8P2/c37-33-19-11-27-21-25(3-1-23-5-13-29(14-6-23)45(39,40)41)9-17-31(27)35(33)36-32-18-10-26(22-28(32)12-20-34(36)38)4-2-24-7-15-30(16-8-24)46(42,43)44/h1-22,37-38H,(H2,39,40,41)(H2,42,43,44)/b3-1+,4-2+. The first-order valence-electron chi connectivity index (χ1n) is 14.1. The summed E-state index contributed by atoms with van der Waals surface area (Å²) in [4.78, 5) is 37.3. The largest absolute Gasteiger partial charge is 0.507 e. The Morgan fingerprint density at radius 3 is 1.09 bits per heavy atom. The van der Waals surface area contributed by atoms with E-state index in [4.69, 9.17) is 0 Å². The summed E-state index contributed by atoms with van der Waals surface area (Å²) >= 11 is 0. The number of hydrogen-bond donors (Lipinski definition) is 6. The number of hydrogen-bond acceptors (Lipinski definition) is 4. The van der Waals surface area contributed by atoms with Crippen LogP contribution in [0.25, 0.3) is 57.0 Å². The lowest BCUT2D eigenvalue weighted by atomic mass is 9.91. The highest BCUT2D eigenvalue weighted by Gasteiger charge is 2.18. The fourth-order valence-corrected chi connectivity index (χ4v) is 6.43. The molecule has 0 amide bonds. The van der Waals surface area contributed by atoms with Crippen molar-refractivity contribution in [2.75, 3.05) is 0 Å². The summed E-state index contributed by atoms with van der Waals surface area (Å²) in [5, 5.41) is 25.2. The highest BCUT2D eigenvalue weighted by molar-refractivity contribution is 7.60. The van der Waals surface area contributed by atoms with Gasteiger partial charge in [-0.25, -0.2) is 0 Å². The Kier molecular flexibility index (Phi) is 8.28. The van der Waals surface area contributed by atoms with Gasteiger partial charge in [0.2, 0.25) is 0 Å². The Morgan fingerprint density at radius 2 is 0.739 bits per heavy atom. The van der Waals surface area contributed by atoms with Crippen molar-refractivity contribution < 1.29 is 38.9 Å². The molecule has 8 nitrogen and oxygen atoms in total. The molecule has 0 bridgehead atoms. The molecule has 6 rings (SSSR count). The van der Waals surface area contributed by atoms with Gasteiger partial charge < -0.3 is 29.8 Å². The molecule has 0 atom stereocenters. The second-order valence-electron chi connectivity index (χ2n) is 10.8. The molecule has 6 aromatic rings. The van der Waals surface area contributed by atoms with Crippen LogP contribution in [0.4, 0.5) is 0 Å². The minimum Gasteiger partial charge on any atom is -0.507 e. The fraction of sp³-hybridized carbons (Fsp3) is 0. The maximum Gasteiger partial charge on any atom is 0.356 e. The van der Waals surface area contributed by atoms with E-state index in [1.807, 2.05) is 60.7 Å². The van der Waals surface area contributed by atoms with Crippen molar-refractivity contribution in [2.45, 2.75) is 0 Å². The van der Waals surface area contributed by atoms with Gasteiger partial charge in [0.05, 0.1) is 10.6 Å². The normalized spacial score (nSPS) is 12.5. The quantitative estimate of drug-likeness (QED) is 0.0796. The monoisotopic (exact) mass is 650 g/mol. The van der Waals surface area contributed by atoms with Crippen molar-refractivity contribution in [3.8, 4) is 22.6 Å². The fourth-order valence-electron chi connectivity index (χ4n) is 5.35. The van der Waals surface area contributed by atoms with Gasteiger partial charge in [-0.3, -0.25) is 9.13 Å². The highest BCUT2D eigenvalue weighted by Crippen LogP contribution is 2.45. The van der Waals surface area contributed by atoms with Crippen molar-refractivity contribution in [1.29, 1.82) is 0 Å². The topological polar surface area (TPSA) is 156 Å². The van der Waals surface area contributed by atoms with E-state index < -0.39 is 15.2 Å². The third-order valence-electron chi connectivity index (χ3n) is 7.69. The first-order chi connectivity index (χ1) is 21.9. The van der Waals surface area contributed by atoms with E-state index in [-0.39, 0.29) is 22.1 Å². The van der Waals surface area contributed by atoms with Crippen LogP contribution in [-0.2, 0) is 9.13 Å². The van der Waals surface area contributed by atoms with Crippen LogP contribution in [0, 0.1) is 0 Å². The van der Waals surface area contributed by atoms with Gasteiger partial charge >= 0.3 is 15.2 Å². The maximum atomic E-state index is 11.4. The molecule has 0 aliphatic heterocycles. The summed E-state index contributed by atoms with van der Waals surface area (Å²) < 4.78 is 22.9. The molecule has 6 N–H and O–H groups in total. The van der Waals surface area contributed by atoms with Crippen LogP contribution in [0.1, 0.15) is 22.3 Å². The van der Waals surface area contributed by atoms with E-state index in [9.17, 15) is 38.9 Å². The number of benzene rings is 6. The summed E-state index contributed by atoms with van der Waals surface area (Å²) in [6, 6.07) is 30.4. The number of phenolic OH excluding ortho intramolecular Hbond substituents is 2. The summed E-state index contributed by atoms with van der Waals surface area (Å²) in [5.74, 6) is 0.0397. The lowest BCUT2D eigenvalue weighted by Gasteiger charge is -2.15. The average molecular weight is 651 g/mol. The SMILES string of the molecule is O=P(O)(O)c1ccc(/C=C/c2ccc3c(-c4c(O)ccc5cc(/C=C/c6ccc(P(=O)(O)O)cc6)ccc45)c(O)ccc3c2)cc1. The van der Waals surface area contributed by atoms with Gasteiger partial charge in [0, 0.05) is 11.1 Å². The molecule has 0 aromatic heterocycles.